The second-order valence-electron chi connectivity index (χ2n) is 8.44. The van der Waals surface area contributed by atoms with Crippen LogP contribution in [0.2, 0.25) is 0 Å². The number of carbonyl (C=O) groups is 2. The van der Waals surface area contributed by atoms with Crippen LogP contribution in [0.15, 0.2) is 60.8 Å². The highest BCUT2D eigenvalue weighted by Gasteiger charge is 2.35. The van der Waals surface area contributed by atoms with Crippen LogP contribution in [0.3, 0.4) is 0 Å². The number of aromatic nitrogens is 2. The molecule has 0 aliphatic carbocycles. The van der Waals surface area contributed by atoms with Gasteiger partial charge in [0.25, 0.3) is 0 Å². The Kier molecular flexibility index (Phi) is 6.77. The van der Waals surface area contributed by atoms with Crippen LogP contribution in [-0.4, -0.2) is 64.7 Å². The minimum atomic E-state index is -0.499. The van der Waals surface area contributed by atoms with Crippen molar-refractivity contribution >= 4 is 11.8 Å². The number of likely N-dealkylation sites (N-methyl/N-ethyl adjacent to an activating group) is 1. The molecule has 0 radical (unpaired) electrons. The second-order valence-corrected chi connectivity index (χ2v) is 8.44. The lowest BCUT2D eigenvalue weighted by molar-refractivity contribution is -0.150. The molecule has 2 heterocycles. The Morgan fingerprint density at radius 1 is 1.09 bits per heavy atom. The highest BCUT2D eigenvalue weighted by Crippen LogP contribution is 2.25. The van der Waals surface area contributed by atoms with Gasteiger partial charge in [-0.2, -0.15) is 5.10 Å². The van der Waals surface area contributed by atoms with Gasteiger partial charge in [-0.05, 0) is 41.8 Å². The van der Waals surface area contributed by atoms with E-state index < -0.39 is 6.04 Å². The lowest BCUT2D eigenvalue weighted by Crippen LogP contribution is -2.58. The molecule has 0 unspecified atom stereocenters. The molecule has 1 aromatic heterocycles. The van der Waals surface area contributed by atoms with Crippen molar-refractivity contribution in [3.8, 4) is 16.9 Å². The summed E-state index contributed by atoms with van der Waals surface area (Å²) in [5, 5.41) is 4.26. The molecule has 1 aliphatic heterocycles. The smallest absolute Gasteiger partial charge is 0.245 e. The number of carbonyl (C=O) groups excluding carboxylic acids is 2. The van der Waals surface area contributed by atoms with Gasteiger partial charge in [0.2, 0.25) is 11.8 Å². The third kappa shape index (κ3) is 5.08. The van der Waals surface area contributed by atoms with Gasteiger partial charge in [-0.1, -0.05) is 36.4 Å². The van der Waals surface area contributed by atoms with Crippen LogP contribution in [0.1, 0.15) is 17.7 Å². The van der Waals surface area contributed by atoms with Gasteiger partial charge in [0.1, 0.15) is 11.8 Å². The average molecular weight is 447 g/mol. The summed E-state index contributed by atoms with van der Waals surface area (Å²) < 4.78 is 7.07. The summed E-state index contributed by atoms with van der Waals surface area (Å²) in [6, 6.07) is 17.5. The summed E-state index contributed by atoms with van der Waals surface area (Å²) >= 11 is 0. The van der Waals surface area contributed by atoms with Gasteiger partial charge < -0.3 is 14.5 Å². The summed E-state index contributed by atoms with van der Waals surface area (Å²) in [6.45, 7) is 3.57. The molecule has 0 spiro atoms. The molecule has 2 amide bonds. The Morgan fingerprint density at radius 2 is 1.88 bits per heavy atom. The first-order valence-electron chi connectivity index (χ1n) is 11.2. The lowest BCUT2D eigenvalue weighted by Gasteiger charge is -2.39. The Labute approximate surface area is 194 Å². The molecule has 2 aromatic carbocycles. The number of piperazine rings is 1. The molecule has 3 aromatic rings. The van der Waals surface area contributed by atoms with E-state index in [9.17, 15) is 9.59 Å². The molecule has 172 valence electrons. The van der Waals surface area contributed by atoms with Crippen LogP contribution in [0.4, 0.5) is 0 Å². The van der Waals surface area contributed by atoms with Crippen LogP contribution in [0, 0.1) is 6.92 Å². The summed E-state index contributed by atoms with van der Waals surface area (Å²) in [7, 11) is 3.45. The van der Waals surface area contributed by atoms with E-state index >= 15 is 0 Å². The quantitative estimate of drug-likeness (QED) is 0.559. The maximum absolute atomic E-state index is 13.1. The first-order chi connectivity index (χ1) is 16.0. The number of hydrogen-bond acceptors (Lipinski definition) is 4. The fourth-order valence-electron chi connectivity index (χ4n) is 4.27. The Morgan fingerprint density at radius 3 is 2.58 bits per heavy atom. The fraction of sp³-hybridized carbons (Fsp3) is 0.346. The van der Waals surface area contributed by atoms with E-state index in [-0.39, 0.29) is 11.8 Å². The molecule has 7 nitrogen and oxygen atoms in total. The topological polar surface area (TPSA) is 67.7 Å². The van der Waals surface area contributed by atoms with Gasteiger partial charge in [0.15, 0.2) is 0 Å². The summed E-state index contributed by atoms with van der Waals surface area (Å²) in [6.07, 6.45) is 2.54. The van der Waals surface area contributed by atoms with Crippen LogP contribution in [-0.2, 0) is 22.6 Å². The van der Waals surface area contributed by atoms with Crippen molar-refractivity contribution < 1.29 is 14.3 Å². The van der Waals surface area contributed by atoms with Crippen LogP contribution in [0.5, 0.6) is 5.75 Å². The monoisotopic (exact) mass is 446 g/mol. The minimum absolute atomic E-state index is 0.0114. The highest BCUT2D eigenvalue weighted by molar-refractivity contribution is 5.89. The summed E-state index contributed by atoms with van der Waals surface area (Å²) in [5.74, 6) is 0.785. The number of aryl methyl sites for hydroxylation is 2. The number of nitrogens with zero attached hydrogens (tertiary/aromatic N) is 4. The number of benzene rings is 2. The van der Waals surface area contributed by atoms with Crippen molar-refractivity contribution in [1.82, 2.24) is 19.6 Å². The predicted octanol–water partition coefficient (Wildman–Crippen LogP) is 3.17. The third-order valence-electron chi connectivity index (χ3n) is 6.28. The Bertz CT molecular complexity index is 1120. The van der Waals surface area contributed by atoms with Crippen molar-refractivity contribution in [3.63, 3.8) is 0 Å². The Hall–Kier alpha value is -3.61. The average Bonchev–Trinajstić information content (AvgIpc) is 3.25. The molecular formula is C26H30N4O3. The maximum atomic E-state index is 13.1. The zero-order chi connectivity index (χ0) is 23.4. The normalized spacial score (nSPS) is 16.2. The molecule has 1 aliphatic rings. The minimum Gasteiger partial charge on any atom is -0.497 e. The molecule has 1 fully saturated rings. The van der Waals surface area contributed by atoms with E-state index in [0.29, 0.717) is 32.5 Å². The van der Waals surface area contributed by atoms with E-state index in [4.69, 9.17) is 4.74 Å². The van der Waals surface area contributed by atoms with E-state index in [2.05, 4.69) is 17.2 Å². The Balaban J connectivity index is 1.51. The fourth-order valence-corrected chi connectivity index (χ4v) is 4.27. The molecule has 0 N–H and O–H groups in total. The SMILES string of the molecule is COc1ccc(-c2cccc(C[C@H]3C(=O)N(C)CCN3C(=O)CCn3nccc3C)c2)cc1. The number of ether oxygens (including phenoxy) is 1. The van der Waals surface area contributed by atoms with Crippen molar-refractivity contribution in [2.75, 3.05) is 27.2 Å². The number of hydrogen-bond donors (Lipinski definition) is 0. The van der Waals surface area contributed by atoms with E-state index in [1.807, 2.05) is 54.1 Å². The highest BCUT2D eigenvalue weighted by atomic mass is 16.5. The van der Waals surface area contributed by atoms with Gasteiger partial charge >= 0.3 is 0 Å². The van der Waals surface area contributed by atoms with Gasteiger partial charge in [0.05, 0.1) is 7.11 Å². The van der Waals surface area contributed by atoms with E-state index in [0.717, 1.165) is 28.1 Å². The molecule has 0 bridgehead atoms. The van der Waals surface area contributed by atoms with Gasteiger partial charge in [-0.25, -0.2) is 0 Å². The summed E-state index contributed by atoms with van der Waals surface area (Å²) in [4.78, 5) is 29.6. The van der Waals surface area contributed by atoms with Crippen LogP contribution >= 0.6 is 0 Å². The van der Waals surface area contributed by atoms with Crippen molar-refractivity contribution in [2.45, 2.75) is 32.4 Å². The van der Waals surface area contributed by atoms with Crippen molar-refractivity contribution in [1.29, 1.82) is 0 Å². The third-order valence-corrected chi connectivity index (χ3v) is 6.28. The zero-order valence-electron chi connectivity index (χ0n) is 19.4. The molecule has 33 heavy (non-hydrogen) atoms. The van der Waals surface area contributed by atoms with Gasteiger partial charge in [-0.15, -0.1) is 0 Å². The predicted molar refractivity (Wildman–Crippen MR) is 127 cm³/mol. The standard InChI is InChI=1S/C26H30N4O3/c1-19-11-13-27-30(19)14-12-25(31)29-16-15-28(2)26(32)24(29)18-20-5-4-6-22(17-20)21-7-9-23(33-3)10-8-21/h4-11,13,17,24H,12,14-16,18H2,1-3H3/t24-/m0/s1. The van der Waals surface area contributed by atoms with Crippen molar-refractivity contribution in [2.24, 2.45) is 0 Å². The number of amides is 2. The molecule has 7 heteroatoms. The van der Waals surface area contributed by atoms with Crippen LogP contribution < -0.4 is 4.74 Å². The van der Waals surface area contributed by atoms with E-state index in [1.54, 1.807) is 30.2 Å². The summed E-state index contributed by atoms with van der Waals surface area (Å²) in [5.41, 5.74) is 4.19. The number of methoxy groups -OCH3 is 1. The molecule has 0 saturated carbocycles. The number of rotatable bonds is 7. The molecule has 1 saturated heterocycles. The molecule has 4 rings (SSSR count). The van der Waals surface area contributed by atoms with Gasteiger partial charge in [0, 0.05) is 51.4 Å². The van der Waals surface area contributed by atoms with Crippen LogP contribution in [0.25, 0.3) is 11.1 Å². The lowest BCUT2D eigenvalue weighted by atomic mass is 9.97. The largest absolute Gasteiger partial charge is 0.497 e. The molecular weight excluding hydrogens is 416 g/mol. The first-order valence-corrected chi connectivity index (χ1v) is 11.2. The van der Waals surface area contributed by atoms with Crippen molar-refractivity contribution in [3.05, 3.63) is 72.1 Å². The van der Waals surface area contributed by atoms with Gasteiger partial charge in [-0.3, -0.25) is 14.3 Å². The maximum Gasteiger partial charge on any atom is 0.245 e. The van der Waals surface area contributed by atoms with E-state index in [1.165, 1.54) is 0 Å². The second kappa shape index (κ2) is 9.90. The molecule has 1 atom stereocenters. The first kappa shape index (κ1) is 22.6. The zero-order valence-corrected chi connectivity index (χ0v) is 19.4.